The number of rotatable bonds is 6. The van der Waals surface area contributed by atoms with E-state index >= 15 is 0 Å². The molecule has 1 N–H and O–H groups in total. The smallest absolute Gasteiger partial charge is 0.265 e. The Morgan fingerprint density at radius 2 is 1.77 bits per heavy atom. The molecule has 31 heavy (non-hydrogen) atoms. The quantitative estimate of drug-likeness (QED) is 0.521. The van der Waals surface area contributed by atoms with E-state index < -0.39 is 11.5 Å². The van der Waals surface area contributed by atoms with Crippen LogP contribution in [-0.2, 0) is 13.1 Å². The maximum absolute atomic E-state index is 13.3. The van der Waals surface area contributed by atoms with Crippen molar-refractivity contribution in [2.45, 2.75) is 13.1 Å². The number of carbonyl (C=O) groups is 1. The summed E-state index contributed by atoms with van der Waals surface area (Å²) in [5, 5.41) is 3.46. The van der Waals surface area contributed by atoms with E-state index in [0.717, 1.165) is 16.9 Å². The van der Waals surface area contributed by atoms with Crippen molar-refractivity contribution in [3.63, 3.8) is 0 Å². The van der Waals surface area contributed by atoms with Crippen LogP contribution in [0.4, 0.5) is 4.39 Å². The first kappa shape index (κ1) is 20.3. The lowest BCUT2D eigenvalue weighted by Crippen LogP contribution is -2.33. The lowest BCUT2D eigenvalue weighted by atomic mass is 10.1. The van der Waals surface area contributed by atoms with Crippen molar-refractivity contribution in [2.24, 2.45) is 0 Å². The van der Waals surface area contributed by atoms with E-state index in [-0.39, 0.29) is 24.5 Å². The van der Waals surface area contributed by atoms with E-state index in [4.69, 9.17) is 4.74 Å². The largest absolute Gasteiger partial charge is 0.497 e. The van der Waals surface area contributed by atoms with Crippen molar-refractivity contribution in [1.29, 1.82) is 0 Å². The fourth-order valence-corrected chi connectivity index (χ4v) is 3.31. The Labute approximate surface area is 177 Å². The number of fused-ring (bicyclic) bond motifs is 1. The molecule has 4 aromatic rings. The topological polar surface area (TPSA) is 73.2 Å². The molecule has 0 unspecified atom stereocenters. The van der Waals surface area contributed by atoms with Gasteiger partial charge in [0.1, 0.15) is 22.8 Å². The number of halogens is 1. The highest BCUT2D eigenvalue weighted by Crippen LogP contribution is 2.14. The van der Waals surface area contributed by atoms with Gasteiger partial charge in [-0.1, -0.05) is 24.3 Å². The Kier molecular flexibility index (Phi) is 5.75. The van der Waals surface area contributed by atoms with Gasteiger partial charge in [0.2, 0.25) is 0 Å². The third-order valence-corrected chi connectivity index (χ3v) is 4.96. The highest BCUT2D eigenvalue weighted by Gasteiger charge is 2.16. The maximum atomic E-state index is 13.3. The summed E-state index contributed by atoms with van der Waals surface area (Å²) >= 11 is 0. The lowest BCUT2D eigenvalue weighted by molar-refractivity contribution is 0.0949. The second-order valence-electron chi connectivity index (χ2n) is 7.02. The van der Waals surface area contributed by atoms with Crippen LogP contribution in [0.5, 0.6) is 5.75 Å². The van der Waals surface area contributed by atoms with E-state index in [9.17, 15) is 14.0 Å². The summed E-state index contributed by atoms with van der Waals surface area (Å²) in [6.45, 7) is 0.442. The first-order valence-corrected chi connectivity index (χ1v) is 9.69. The average molecular weight is 417 g/mol. The predicted molar refractivity (Wildman–Crippen MR) is 116 cm³/mol. The molecule has 2 aromatic heterocycles. The first-order chi connectivity index (χ1) is 15.0. The molecule has 4 rings (SSSR count). The molecule has 0 radical (unpaired) electrons. The van der Waals surface area contributed by atoms with Crippen molar-refractivity contribution in [3.05, 3.63) is 106 Å². The van der Waals surface area contributed by atoms with Crippen LogP contribution in [0.15, 0.2) is 77.7 Å². The minimum atomic E-state index is -0.473. The molecule has 0 atom stereocenters. The van der Waals surface area contributed by atoms with Gasteiger partial charge in [0.05, 0.1) is 13.7 Å². The van der Waals surface area contributed by atoms with Crippen molar-refractivity contribution in [1.82, 2.24) is 14.9 Å². The van der Waals surface area contributed by atoms with Gasteiger partial charge in [0.15, 0.2) is 0 Å². The molecule has 0 aliphatic heterocycles. The Hall–Kier alpha value is -4.00. The fourth-order valence-electron chi connectivity index (χ4n) is 3.31. The van der Waals surface area contributed by atoms with Crippen LogP contribution in [-0.4, -0.2) is 22.6 Å². The number of carbonyl (C=O) groups excluding carboxylic acids is 1. The molecule has 2 aromatic carbocycles. The van der Waals surface area contributed by atoms with Crippen LogP contribution in [0.2, 0.25) is 0 Å². The first-order valence-electron chi connectivity index (χ1n) is 9.69. The fraction of sp³-hybridized carbons (Fsp3) is 0.125. The van der Waals surface area contributed by atoms with Crippen molar-refractivity contribution in [2.75, 3.05) is 7.11 Å². The Balaban J connectivity index is 1.65. The summed E-state index contributed by atoms with van der Waals surface area (Å²) in [6, 6.07) is 18.3. The predicted octanol–water partition coefficient (Wildman–Crippen LogP) is 3.52. The molecule has 156 valence electrons. The summed E-state index contributed by atoms with van der Waals surface area (Å²) in [5.74, 6) is -0.106. The van der Waals surface area contributed by atoms with Gasteiger partial charge in [-0.05, 0) is 53.6 Å². The third-order valence-electron chi connectivity index (χ3n) is 4.96. The molecule has 0 aliphatic carbocycles. The summed E-state index contributed by atoms with van der Waals surface area (Å²) in [5.41, 5.74) is 1.64. The SMILES string of the molecule is COc1ccc(CNC(=O)c2cc3cccnc3n(Cc3ccc(F)cc3)c2=O)cc1. The van der Waals surface area contributed by atoms with Gasteiger partial charge < -0.3 is 10.1 Å². The van der Waals surface area contributed by atoms with Crippen molar-refractivity contribution in [3.8, 4) is 5.75 Å². The van der Waals surface area contributed by atoms with Gasteiger partial charge in [0.25, 0.3) is 11.5 Å². The van der Waals surface area contributed by atoms with Crippen LogP contribution in [0, 0.1) is 5.82 Å². The normalized spacial score (nSPS) is 10.8. The van der Waals surface area contributed by atoms with Crippen LogP contribution in [0.3, 0.4) is 0 Å². The molecular weight excluding hydrogens is 397 g/mol. The summed E-state index contributed by atoms with van der Waals surface area (Å²) in [7, 11) is 1.59. The number of methoxy groups -OCH3 is 1. The van der Waals surface area contributed by atoms with E-state index in [1.54, 1.807) is 55.8 Å². The summed E-state index contributed by atoms with van der Waals surface area (Å²) in [4.78, 5) is 30.3. The van der Waals surface area contributed by atoms with Gasteiger partial charge in [-0.25, -0.2) is 9.37 Å². The number of pyridine rings is 2. The molecule has 0 saturated carbocycles. The molecule has 0 saturated heterocycles. The minimum absolute atomic E-state index is 0.0242. The van der Waals surface area contributed by atoms with E-state index in [0.29, 0.717) is 11.0 Å². The molecule has 6 nitrogen and oxygen atoms in total. The maximum Gasteiger partial charge on any atom is 0.265 e. The average Bonchev–Trinajstić information content (AvgIpc) is 2.80. The van der Waals surface area contributed by atoms with Gasteiger partial charge in [-0.2, -0.15) is 0 Å². The minimum Gasteiger partial charge on any atom is -0.497 e. The highest BCUT2D eigenvalue weighted by molar-refractivity contribution is 5.96. The number of hydrogen-bond acceptors (Lipinski definition) is 4. The van der Waals surface area contributed by atoms with Crippen molar-refractivity contribution < 1.29 is 13.9 Å². The number of amides is 1. The number of hydrogen-bond donors (Lipinski definition) is 1. The zero-order chi connectivity index (χ0) is 21.8. The monoisotopic (exact) mass is 417 g/mol. The van der Waals surface area contributed by atoms with E-state index in [1.165, 1.54) is 16.7 Å². The lowest BCUT2D eigenvalue weighted by Gasteiger charge is -2.13. The second kappa shape index (κ2) is 8.79. The highest BCUT2D eigenvalue weighted by atomic mass is 19.1. The molecule has 0 aliphatic rings. The van der Waals surface area contributed by atoms with E-state index in [2.05, 4.69) is 10.3 Å². The second-order valence-corrected chi connectivity index (χ2v) is 7.02. The number of benzene rings is 2. The zero-order valence-corrected chi connectivity index (χ0v) is 16.8. The standard InChI is InChI=1S/C24H20FN3O3/c1-31-20-10-6-16(7-11-20)14-27-23(29)21-13-18-3-2-12-26-22(18)28(24(21)30)15-17-4-8-19(25)9-5-17/h2-13H,14-15H2,1H3,(H,27,29). The number of nitrogens with one attached hydrogen (secondary N) is 1. The molecular formula is C24H20FN3O3. The number of nitrogens with zero attached hydrogens (tertiary/aromatic N) is 2. The van der Waals surface area contributed by atoms with Gasteiger partial charge >= 0.3 is 0 Å². The number of aromatic nitrogens is 2. The van der Waals surface area contributed by atoms with Crippen LogP contribution >= 0.6 is 0 Å². The summed E-state index contributed by atoms with van der Waals surface area (Å²) in [6.07, 6.45) is 1.59. The Morgan fingerprint density at radius 1 is 1.06 bits per heavy atom. The summed E-state index contributed by atoms with van der Waals surface area (Å²) < 4.78 is 19.8. The van der Waals surface area contributed by atoms with Crippen LogP contribution < -0.4 is 15.6 Å². The Bertz CT molecular complexity index is 1280. The third kappa shape index (κ3) is 4.45. The molecule has 0 spiro atoms. The van der Waals surface area contributed by atoms with Gasteiger partial charge in [-0.3, -0.25) is 14.2 Å². The molecule has 2 heterocycles. The molecule has 0 fully saturated rings. The molecule has 7 heteroatoms. The molecule has 0 bridgehead atoms. The van der Waals surface area contributed by atoms with Crippen molar-refractivity contribution >= 4 is 16.9 Å². The zero-order valence-electron chi connectivity index (χ0n) is 16.8. The van der Waals surface area contributed by atoms with Gasteiger partial charge in [0, 0.05) is 18.1 Å². The number of ether oxygens (including phenoxy) is 1. The van der Waals surface area contributed by atoms with Gasteiger partial charge in [-0.15, -0.1) is 0 Å². The van der Waals surface area contributed by atoms with Crippen LogP contribution in [0.1, 0.15) is 21.5 Å². The van der Waals surface area contributed by atoms with E-state index in [1.807, 2.05) is 12.1 Å². The Morgan fingerprint density at radius 3 is 2.48 bits per heavy atom. The molecule has 1 amide bonds. The van der Waals surface area contributed by atoms with Crippen LogP contribution in [0.25, 0.3) is 11.0 Å².